The summed E-state index contributed by atoms with van der Waals surface area (Å²) < 4.78 is 68.1. The van der Waals surface area contributed by atoms with Crippen LogP contribution in [0.3, 0.4) is 0 Å². The largest absolute Gasteiger partial charge is 0.497 e. The highest BCUT2D eigenvalue weighted by atomic mass is 32.2. The van der Waals surface area contributed by atoms with Crippen molar-refractivity contribution in [2.45, 2.75) is 19.1 Å². The number of hydrogen-bond acceptors (Lipinski definition) is 4. The summed E-state index contributed by atoms with van der Waals surface area (Å²) in [5.41, 5.74) is -0.167. The van der Waals surface area contributed by atoms with Gasteiger partial charge in [-0.1, -0.05) is 12.1 Å². The summed E-state index contributed by atoms with van der Waals surface area (Å²) in [6, 6.07) is 10.1. The summed E-state index contributed by atoms with van der Waals surface area (Å²) in [6.45, 7) is 1.16. The zero-order valence-corrected chi connectivity index (χ0v) is 16.8. The average Bonchev–Trinajstić information content (AvgIpc) is 2.64. The molecule has 0 bridgehead atoms. The fourth-order valence-electron chi connectivity index (χ4n) is 2.61. The van der Waals surface area contributed by atoms with Gasteiger partial charge in [0.15, 0.2) is 0 Å². The first-order valence-electron chi connectivity index (χ1n) is 8.50. The Labute approximate surface area is 167 Å². The van der Waals surface area contributed by atoms with E-state index in [9.17, 15) is 26.4 Å². The fourth-order valence-corrected chi connectivity index (χ4v) is 3.47. The molecule has 158 valence electrons. The molecule has 0 fully saturated rings. The van der Waals surface area contributed by atoms with E-state index in [2.05, 4.69) is 5.32 Å². The molecule has 2 aromatic carbocycles. The molecule has 1 N–H and O–H groups in total. The minimum Gasteiger partial charge on any atom is -0.497 e. The number of rotatable bonds is 7. The Kier molecular flexibility index (Phi) is 6.78. The van der Waals surface area contributed by atoms with E-state index in [-0.39, 0.29) is 5.69 Å². The van der Waals surface area contributed by atoms with Crippen molar-refractivity contribution in [2.24, 2.45) is 0 Å². The van der Waals surface area contributed by atoms with Crippen molar-refractivity contribution in [2.75, 3.05) is 24.2 Å². The van der Waals surface area contributed by atoms with Gasteiger partial charge >= 0.3 is 6.18 Å². The van der Waals surface area contributed by atoms with Gasteiger partial charge in [-0.2, -0.15) is 13.2 Å². The molecule has 0 aliphatic heterocycles. The Balaban J connectivity index is 2.14. The third-order valence-electron chi connectivity index (χ3n) is 4.16. The SMILES string of the molecule is COc1ccc([C@@H](C)NC(=O)CN(c2ccc(C(F)(F)F)cc2)S(C)(=O)=O)cc1. The van der Waals surface area contributed by atoms with Crippen molar-refractivity contribution in [3.63, 3.8) is 0 Å². The molecule has 0 spiro atoms. The van der Waals surface area contributed by atoms with E-state index in [4.69, 9.17) is 4.74 Å². The molecular formula is C19H21F3N2O4S. The van der Waals surface area contributed by atoms with Gasteiger partial charge in [-0.05, 0) is 48.9 Å². The van der Waals surface area contributed by atoms with Crippen LogP contribution in [0.1, 0.15) is 24.1 Å². The molecule has 0 saturated heterocycles. The highest BCUT2D eigenvalue weighted by molar-refractivity contribution is 7.92. The second-order valence-electron chi connectivity index (χ2n) is 6.38. The van der Waals surface area contributed by atoms with Gasteiger partial charge in [-0.25, -0.2) is 8.42 Å². The van der Waals surface area contributed by atoms with Crippen molar-refractivity contribution in [3.05, 3.63) is 59.7 Å². The molecule has 0 saturated carbocycles. The summed E-state index contributed by atoms with van der Waals surface area (Å²) in [5.74, 6) is 0.0523. The molecule has 0 aromatic heterocycles. The highest BCUT2D eigenvalue weighted by Crippen LogP contribution is 2.31. The number of nitrogens with zero attached hydrogens (tertiary/aromatic N) is 1. The predicted octanol–water partition coefficient (Wildman–Crippen LogP) is 3.36. The maximum absolute atomic E-state index is 12.7. The van der Waals surface area contributed by atoms with Crippen LogP contribution in [0.25, 0.3) is 0 Å². The molecular weight excluding hydrogens is 409 g/mol. The van der Waals surface area contributed by atoms with Crippen LogP contribution in [0.4, 0.5) is 18.9 Å². The van der Waals surface area contributed by atoms with E-state index >= 15 is 0 Å². The third-order valence-corrected chi connectivity index (χ3v) is 5.30. The topological polar surface area (TPSA) is 75.7 Å². The maximum atomic E-state index is 12.7. The maximum Gasteiger partial charge on any atom is 0.416 e. The van der Waals surface area contributed by atoms with Crippen LogP contribution in [0, 0.1) is 0 Å². The van der Waals surface area contributed by atoms with Crippen LogP contribution >= 0.6 is 0 Å². The lowest BCUT2D eigenvalue weighted by Crippen LogP contribution is -2.41. The molecule has 2 rings (SSSR count). The molecule has 2 aromatic rings. The number of anilines is 1. The van der Waals surface area contributed by atoms with Gasteiger partial charge in [0.05, 0.1) is 30.7 Å². The molecule has 0 unspecified atom stereocenters. The number of amides is 1. The number of sulfonamides is 1. The quantitative estimate of drug-likeness (QED) is 0.731. The zero-order chi connectivity index (χ0) is 21.8. The molecule has 0 radical (unpaired) electrons. The summed E-state index contributed by atoms with van der Waals surface area (Å²) in [5, 5.41) is 2.68. The van der Waals surface area contributed by atoms with Crippen LogP contribution in [0.15, 0.2) is 48.5 Å². The number of carbonyl (C=O) groups excluding carboxylic acids is 1. The van der Waals surface area contributed by atoms with E-state index in [1.165, 1.54) is 7.11 Å². The standard InChI is InChI=1S/C19H21F3N2O4S/c1-13(14-4-10-17(28-2)11-5-14)23-18(25)12-24(29(3,26)27)16-8-6-15(7-9-16)19(20,21)22/h4-11,13H,12H2,1-3H3,(H,23,25)/t13-/m1/s1. The van der Waals surface area contributed by atoms with Crippen LogP contribution in [-0.2, 0) is 21.0 Å². The molecule has 1 amide bonds. The van der Waals surface area contributed by atoms with Crippen molar-refractivity contribution < 1.29 is 31.1 Å². The van der Waals surface area contributed by atoms with Crippen LogP contribution < -0.4 is 14.4 Å². The average molecular weight is 430 g/mol. The van der Waals surface area contributed by atoms with Gasteiger partial charge < -0.3 is 10.1 Å². The first kappa shape index (κ1) is 22.5. The molecule has 0 heterocycles. The van der Waals surface area contributed by atoms with E-state index in [1.54, 1.807) is 31.2 Å². The van der Waals surface area contributed by atoms with E-state index in [0.29, 0.717) is 5.75 Å². The minimum absolute atomic E-state index is 0.0345. The molecule has 10 heteroatoms. The highest BCUT2D eigenvalue weighted by Gasteiger charge is 2.31. The summed E-state index contributed by atoms with van der Waals surface area (Å²) >= 11 is 0. The monoisotopic (exact) mass is 430 g/mol. The second-order valence-corrected chi connectivity index (χ2v) is 8.28. The van der Waals surface area contributed by atoms with Crippen LogP contribution in [-0.4, -0.2) is 34.2 Å². The molecule has 1 atom stereocenters. The van der Waals surface area contributed by atoms with Crippen molar-refractivity contribution >= 4 is 21.6 Å². The lowest BCUT2D eigenvalue weighted by atomic mass is 10.1. The first-order valence-corrected chi connectivity index (χ1v) is 10.3. The van der Waals surface area contributed by atoms with Gasteiger partial charge in [0, 0.05) is 0 Å². The third kappa shape index (κ3) is 6.11. The van der Waals surface area contributed by atoms with Gasteiger partial charge in [0.25, 0.3) is 0 Å². The Morgan fingerprint density at radius 2 is 1.66 bits per heavy atom. The lowest BCUT2D eigenvalue weighted by molar-refractivity contribution is -0.137. The second kappa shape index (κ2) is 8.73. The van der Waals surface area contributed by atoms with Gasteiger partial charge in [-0.15, -0.1) is 0 Å². The number of carbonyl (C=O) groups is 1. The summed E-state index contributed by atoms with van der Waals surface area (Å²) in [4.78, 5) is 12.4. The van der Waals surface area contributed by atoms with Crippen molar-refractivity contribution in [1.82, 2.24) is 5.32 Å². The number of nitrogens with one attached hydrogen (secondary N) is 1. The lowest BCUT2D eigenvalue weighted by Gasteiger charge is -2.23. The molecule has 29 heavy (non-hydrogen) atoms. The predicted molar refractivity (Wildman–Crippen MR) is 103 cm³/mol. The van der Waals surface area contributed by atoms with Gasteiger partial charge in [-0.3, -0.25) is 9.10 Å². The molecule has 0 aliphatic carbocycles. The Morgan fingerprint density at radius 1 is 1.10 bits per heavy atom. The van der Waals surface area contributed by atoms with Gasteiger partial charge in [0.1, 0.15) is 12.3 Å². The fraction of sp³-hybridized carbons (Fsp3) is 0.316. The number of ether oxygens (including phenoxy) is 1. The number of benzene rings is 2. The zero-order valence-electron chi connectivity index (χ0n) is 16.0. The first-order chi connectivity index (χ1) is 13.4. The Morgan fingerprint density at radius 3 is 2.10 bits per heavy atom. The normalized spacial score (nSPS) is 12.9. The Hall–Kier alpha value is -2.75. The minimum atomic E-state index is -4.54. The number of halogens is 3. The van der Waals surface area contributed by atoms with Crippen LogP contribution in [0.2, 0.25) is 0 Å². The van der Waals surface area contributed by atoms with E-state index < -0.39 is 40.3 Å². The number of hydrogen-bond donors (Lipinski definition) is 1. The Bertz CT molecular complexity index is 943. The van der Waals surface area contributed by atoms with Crippen LogP contribution in [0.5, 0.6) is 5.75 Å². The van der Waals surface area contributed by atoms with Crippen molar-refractivity contribution in [1.29, 1.82) is 0 Å². The number of alkyl halides is 3. The molecule has 0 aliphatic rings. The van der Waals surface area contributed by atoms with Crippen molar-refractivity contribution in [3.8, 4) is 5.75 Å². The molecule has 6 nitrogen and oxygen atoms in total. The van der Waals surface area contributed by atoms with E-state index in [1.807, 2.05) is 0 Å². The van der Waals surface area contributed by atoms with E-state index in [0.717, 1.165) is 40.4 Å². The smallest absolute Gasteiger partial charge is 0.416 e. The van der Waals surface area contributed by atoms with Gasteiger partial charge in [0.2, 0.25) is 15.9 Å². The summed E-state index contributed by atoms with van der Waals surface area (Å²) in [7, 11) is -2.37. The summed E-state index contributed by atoms with van der Waals surface area (Å²) in [6.07, 6.45) is -3.66. The number of methoxy groups -OCH3 is 1.